The van der Waals surface area contributed by atoms with Crippen LogP contribution < -0.4 is 5.32 Å². The molecule has 1 aliphatic carbocycles. The van der Waals surface area contributed by atoms with Crippen molar-refractivity contribution in [3.05, 3.63) is 0 Å². The minimum Gasteiger partial charge on any atom is -0.360 e. The van der Waals surface area contributed by atoms with Crippen LogP contribution in [0.3, 0.4) is 0 Å². The highest BCUT2D eigenvalue weighted by molar-refractivity contribution is 8.14. The van der Waals surface area contributed by atoms with E-state index in [2.05, 4.69) is 31.1 Å². The van der Waals surface area contributed by atoms with Crippen LogP contribution in [0.25, 0.3) is 0 Å². The molecule has 80 valence electrons. The fourth-order valence-electron chi connectivity index (χ4n) is 2.05. The molecule has 0 saturated heterocycles. The van der Waals surface area contributed by atoms with Gasteiger partial charge < -0.3 is 5.32 Å². The Kier molecular flexibility index (Phi) is 2.78. The Balaban J connectivity index is 1.92. The Bertz CT molecular complexity index is 244. The maximum Gasteiger partial charge on any atom is 0.157 e. The molecule has 2 rings (SSSR count). The largest absolute Gasteiger partial charge is 0.360 e. The predicted octanol–water partition coefficient (Wildman–Crippen LogP) is 2.65. The van der Waals surface area contributed by atoms with Gasteiger partial charge in [-0.1, -0.05) is 18.2 Å². The molecule has 1 atom stereocenters. The van der Waals surface area contributed by atoms with E-state index >= 15 is 0 Å². The zero-order valence-corrected chi connectivity index (χ0v) is 10.2. The number of hydrogen-bond donors (Lipinski definition) is 1. The van der Waals surface area contributed by atoms with E-state index in [9.17, 15) is 0 Å². The second kappa shape index (κ2) is 3.76. The van der Waals surface area contributed by atoms with Gasteiger partial charge in [-0.2, -0.15) is 0 Å². The highest BCUT2D eigenvalue weighted by Crippen LogP contribution is 2.36. The molecular formula is C11H20N2S. The molecule has 1 saturated carbocycles. The Morgan fingerprint density at radius 2 is 2.14 bits per heavy atom. The summed E-state index contributed by atoms with van der Waals surface area (Å²) in [4.78, 5) is 4.58. The number of nitrogens with one attached hydrogen (secondary N) is 1. The highest BCUT2D eigenvalue weighted by Gasteiger charge is 2.35. The first kappa shape index (κ1) is 10.3. The molecule has 1 unspecified atom stereocenters. The van der Waals surface area contributed by atoms with E-state index in [-0.39, 0.29) is 5.54 Å². The van der Waals surface area contributed by atoms with Crippen molar-refractivity contribution < 1.29 is 0 Å². The Morgan fingerprint density at radius 1 is 1.43 bits per heavy atom. The van der Waals surface area contributed by atoms with Gasteiger partial charge in [0.05, 0.1) is 6.04 Å². The second-order valence-electron chi connectivity index (χ2n) is 5.07. The van der Waals surface area contributed by atoms with E-state index in [0.717, 1.165) is 16.8 Å². The smallest absolute Gasteiger partial charge is 0.157 e. The van der Waals surface area contributed by atoms with Gasteiger partial charge in [-0.15, -0.1) is 0 Å². The zero-order valence-electron chi connectivity index (χ0n) is 9.34. The van der Waals surface area contributed by atoms with Gasteiger partial charge >= 0.3 is 0 Å². The van der Waals surface area contributed by atoms with Gasteiger partial charge in [-0.3, -0.25) is 4.99 Å². The van der Waals surface area contributed by atoms with Gasteiger partial charge in [0, 0.05) is 11.3 Å². The lowest BCUT2D eigenvalue weighted by Gasteiger charge is -2.41. The van der Waals surface area contributed by atoms with Crippen LogP contribution >= 0.6 is 11.8 Å². The first-order valence-corrected chi connectivity index (χ1v) is 6.55. The van der Waals surface area contributed by atoms with Crippen LogP contribution in [0.5, 0.6) is 0 Å². The molecule has 0 aromatic rings. The van der Waals surface area contributed by atoms with Crippen LogP contribution in [0.2, 0.25) is 0 Å². The molecule has 3 heteroatoms. The third-order valence-corrected chi connectivity index (χ3v) is 4.48. The van der Waals surface area contributed by atoms with Crippen molar-refractivity contribution in [3.8, 4) is 0 Å². The van der Waals surface area contributed by atoms with Crippen molar-refractivity contribution in [2.45, 2.75) is 51.6 Å². The van der Waals surface area contributed by atoms with Gasteiger partial charge in [-0.05, 0) is 39.5 Å². The predicted molar refractivity (Wildman–Crippen MR) is 63.9 cm³/mol. The quantitative estimate of drug-likeness (QED) is 0.761. The Labute approximate surface area is 90.9 Å². The van der Waals surface area contributed by atoms with Crippen molar-refractivity contribution in [1.29, 1.82) is 0 Å². The monoisotopic (exact) mass is 212 g/mol. The van der Waals surface area contributed by atoms with Crippen LogP contribution in [0, 0.1) is 5.92 Å². The lowest BCUT2D eigenvalue weighted by molar-refractivity contribution is 0.180. The van der Waals surface area contributed by atoms with Crippen LogP contribution in [0.4, 0.5) is 0 Å². The topological polar surface area (TPSA) is 24.4 Å². The summed E-state index contributed by atoms with van der Waals surface area (Å²) in [6, 6.07) is 0.500. The van der Waals surface area contributed by atoms with Crippen molar-refractivity contribution in [3.63, 3.8) is 0 Å². The fourth-order valence-corrected chi connectivity index (χ4v) is 3.11. The van der Waals surface area contributed by atoms with Gasteiger partial charge in [0.1, 0.15) is 0 Å². The molecule has 1 heterocycles. The molecule has 0 spiro atoms. The maximum absolute atomic E-state index is 4.58. The van der Waals surface area contributed by atoms with Gasteiger partial charge in [-0.25, -0.2) is 0 Å². The van der Waals surface area contributed by atoms with E-state index in [1.807, 2.05) is 11.8 Å². The summed E-state index contributed by atoms with van der Waals surface area (Å²) in [5, 5.41) is 4.76. The minimum absolute atomic E-state index is 0.244. The third-order valence-electron chi connectivity index (χ3n) is 3.35. The lowest BCUT2D eigenvalue weighted by atomic mass is 9.73. The molecule has 14 heavy (non-hydrogen) atoms. The van der Waals surface area contributed by atoms with E-state index < -0.39 is 0 Å². The summed E-state index contributed by atoms with van der Waals surface area (Å²) in [7, 11) is 0. The average Bonchev–Trinajstić information content (AvgIpc) is 2.28. The first-order chi connectivity index (χ1) is 6.58. The fraction of sp³-hybridized carbons (Fsp3) is 0.909. The van der Waals surface area contributed by atoms with Crippen LogP contribution in [-0.2, 0) is 0 Å². The summed E-state index contributed by atoms with van der Waals surface area (Å²) in [6.07, 6.45) is 4.17. The van der Waals surface area contributed by atoms with E-state index in [0.29, 0.717) is 6.04 Å². The maximum atomic E-state index is 4.58. The Morgan fingerprint density at radius 3 is 2.57 bits per heavy atom. The number of amidine groups is 1. The normalized spacial score (nSPS) is 28.5. The molecule has 2 nitrogen and oxygen atoms in total. The number of thioether (sulfide) groups is 1. The summed E-state index contributed by atoms with van der Waals surface area (Å²) in [6.45, 7) is 6.80. The van der Waals surface area contributed by atoms with Gasteiger partial charge in [0.2, 0.25) is 0 Å². The van der Waals surface area contributed by atoms with Crippen LogP contribution in [-0.4, -0.2) is 22.5 Å². The standard InChI is InChI=1S/C11H20N2S/c1-8-7-14-10(12-8)13-11(2,3)9-5-4-6-9/h8-9H,4-7H2,1-3H3,(H,12,13). The molecule has 1 N–H and O–H groups in total. The van der Waals surface area contributed by atoms with E-state index in [4.69, 9.17) is 0 Å². The number of nitrogens with zero attached hydrogens (tertiary/aromatic N) is 1. The third kappa shape index (κ3) is 2.08. The second-order valence-corrected chi connectivity index (χ2v) is 6.08. The number of aliphatic imine (C=N–C) groups is 1. The number of hydrogen-bond acceptors (Lipinski definition) is 3. The van der Waals surface area contributed by atoms with E-state index in [1.54, 1.807) is 0 Å². The SMILES string of the molecule is CC1CSC(NC(C)(C)C2CCC2)=N1. The number of rotatable bonds is 2. The molecule has 0 amide bonds. The highest BCUT2D eigenvalue weighted by atomic mass is 32.2. The van der Waals surface area contributed by atoms with Crippen molar-refractivity contribution in [2.24, 2.45) is 10.9 Å². The molecule has 2 aliphatic rings. The van der Waals surface area contributed by atoms with Crippen LogP contribution in [0.15, 0.2) is 4.99 Å². The first-order valence-electron chi connectivity index (χ1n) is 5.57. The molecule has 0 radical (unpaired) electrons. The summed E-state index contributed by atoms with van der Waals surface area (Å²) >= 11 is 1.87. The van der Waals surface area contributed by atoms with Gasteiger partial charge in [0.25, 0.3) is 0 Å². The van der Waals surface area contributed by atoms with Crippen LogP contribution in [0.1, 0.15) is 40.0 Å². The Hall–Kier alpha value is -0.180. The van der Waals surface area contributed by atoms with Gasteiger partial charge in [0.15, 0.2) is 5.17 Å². The minimum atomic E-state index is 0.244. The summed E-state index contributed by atoms with van der Waals surface area (Å²) < 4.78 is 0. The molecule has 1 aliphatic heterocycles. The van der Waals surface area contributed by atoms with Crippen molar-refractivity contribution in [2.75, 3.05) is 5.75 Å². The van der Waals surface area contributed by atoms with Crippen molar-refractivity contribution in [1.82, 2.24) is 5.32 Å². The van der Waals surface area contributed by atoms with Crippen molar-refractivity contribution >= 4 is 16.9 Å². The molecule has 0 aromatic heterocycles. The molecule has 1 fully saturated rings. The average molecular weight is 212 g/mol. The molecule has 0 aromatic carbocycles. The molecule has 0 bridgehead atoms. The molecular weight excluding hydrogens is 192 g/mol. The lowest BCUT2D eigenvalue weighted by Crippen LogP contribution is -2.50. The summed E-state index contributed by atoms with van der Waals surface area (Å²) in [5.74, 6) is 1.99. The summed E-state index contributed by atoms with van der Waals surface area (Å²) in [5.41, 5.74) is 0.244. The zero-order chi connectivity index (χ0) is 10.2. The van der Waals surface area contributed by atoms with E-state index in [1.165, 1.54) is 19.3 Å².